The fourth-order valence-corrected chi connectivity index (χ4v) is 8.26. The van der Waals surface area contributed by atoms with E-state index >= 15 is 19.2 Å². The van der Waals surface area contributed by atoms with Crippen molar-refractivity contribution in [3.8, 4) is 0 Å². The Balaban J connectivity index is 1.58. The van der Waals surface area contributed by atoms with Crippen molar-refractivity contribution < 1.29 is 19.2 Å². The maximum Gasteiger partial charge on any atom is 0.197 e. The zero-order valence-corrected chi connectivity index (χ0v) is 25.1. The molecule has 2 spiro atoms. The number of carbonyl (C=O) groups is 4. The summed E-state index contributed by atoms with van der Waals surface area (Å²) < 4.78 is 0. The normalized spacial score (nSPS) is 20.7. The van der Waals surface area contributed by atoms with E-state index in [0.29, 0.717) is 26.9 Å². The van der Waals surface area contributed by atoms with Crippen molar-refractivity contribution in [2.75, 3.05) is 4.90 Å². The number of rotatable bonds is 3. The van der Waals surface area contributed by atoms with Gasteiger partial charge in [0.1, 0.15) is 5.41 Å². The molecular weight excluding hydrogens is 605 g/mol. The van der Waals surface area contributed by atoms with Gasteiger partial charge in [-0.3, -0.25) is 19.2 Å². The predicted octanol–water partition coefficient (Wildman–Crippen LogP) is 8.22. The fourth-order valence-electron chi connectivity index (χ4n) is 8.00. The first kappa shape index (κ1) is 27.7. The van der Waals surface area contributed by atoms with E-state index in [2.05, 4.69) is 0 Å². The number of halogens is 2. The quantitative estimate of drug-likeness (QED) is 0.188. The maximum atomic E-state index is 15.2. The summed E-state index contributed by atoms with van der Waals surface area (Å²) in [5.74, 6) is -3.00. The van der Waals surface area contributed by atoms with Crippen LogP contribution in [0.25, 0.3) is 0 Å². The lowest BCUT2D eigenvalue weighted by Gasteiger charge is -2.40. The van der Waals surface area contributed by atoms with Crippen molar-refractivity contribution in [2.24, 2.45) is 5.41 Å². The highest BCUT2D eigenvalue weighted by Gasteiger charge is 2.80. The molecule has 7 heteroatoms. The molecule has 3 aliphatic rings. The second kappa shape index (κ2) is 9.83. The molecule has 5 aromatic carbocycles. The Labute approximate surface area is 269 Å². The van der Waals surface area contributed by atoms with Crippen LogP contribution >= 0.6 is 23.2 Å². The third-order valence-electron chi connectivity index (χ3n) is 9.64. The van der Waals surface area contributed by atoms with Crippen LogP contribution in [0.15, 0.2) is 127 Å². The minimum Gasteiger partial charge on any atom is -0.343 e. The molecule has 8 rings (SSSR count). The summed E-state index contributed by atoms with van der Waals surface area (Å²) in [5, 5.41) is 0.905. The van der Waals surface area contributed by atoms with E-state index in [0.717, 1.165) is 0 Å². The Morgan fingerprint density at radius 3 is 1.33 bits per heavy atom. The lowest BCUT2D eigenvalue weighted by molar-refractivity contribution is 0.0620. The number of nitrogens with zero attached hydrogens (tertiary/aromatic N) is 1. The van der Waals surface area contributed by atoms with Crippen LogP contribution in [0.2, 0.25) is 10.0 Å². The molecule has 0 aromatic heterocycles. The first-order valence-electron chi connectivity index (χ1n) is 14.6. The number of carbonyl (C=O) groups excluding carboxylic acids is 4. The van der Waals surface area contributed by atoms with Crippen LogP contribution in [0, 0.1) is 5.41 Å². The van der Waals surface area contributed by atoms with E-state index in [1.807, 2.05) is 30.3 Å². The van der Waals surface area contributed by atoms with Gasteiger partial charge in [-0.25, -0.2) is 0 Å². The van der Waals surface area contributed by atoms with Crippen molar-refractivity contribution in [3.63, 3.8) is 0 Å². The first-order valence-corrected chi connectivity index (χ1v) is 15.3. The molecule has 2 atom stereocenters. The monoisotopic (exact) mass is 627 g/mol. The molecule has 1 aliphatic heterocycles. The minimum atomic E-state index is -1.99. The van der Waals surface area contributed by atoms with Gasteiger partial charge in [0.25, 0.3) is 0 Å². The van der Waals surface area contributed by atoms with Crippen LogP contribution in [-0.4, -0.2) is 28.7 Å². The highest BCUT2D eigenvalue weighted by Crippen LogP contribution is 2.69. The smallest absolute Gasteiger partial charge is 0.197 e. The van der Waals surface area contributed by atoms with Gasteiger partial charge >= 0.3 is 0 Å². The summed E-state index contributed by atoms with van der Waals surface area (Å²) in [4.78, 5) is 62.6. The van der Waals surface area contributed by atoms with E-state index in [4.69, 9.17) is 23.2 Å². The van der Waals surface area contributed by atoms with E-state index in [-0.39, 0.29) is 22.3 Å². The van der Waals surface area contributed by atoms with Crippen molar-refractivity contribution >= 4 is 52.0 Å². The summed E-state index contributed by atoms with van der Waals surface area (Å²) in [7, 11) is 0. The van der Waals surface area contributed by atoms with E-state index < -0.39 is 46.0 Å². The Hall–Kier alpha value is -4.84. The molecule has 0 saturated carbocycles. The van der Waals surface area contributed by atoms with Gasteiger partial charge in [-0.2, -0.15) is 0 Å². The summed E-state index contributed by atoms with van der Waals surface area (Å²) >= 11 is 12.7. The third kappa shape index (κ3) is 3.45. The van der Waals surface area contributed by atoms with Gasteiger partial charge in [-0.15, -0.1) is 0 Å². The van der Waals surface area contributed by atoms with Gasteiger partial charge in [0, 0.05) is 43.9 Å². The van der Waals surface area contributed by atoms with Gasteiger partial charge in [-0.1, -0.05) is 114 Å². The van der Waals surface area contributed by atoms with Crippen LogP contribution in [0.1, 0.15) is 64.5 Å². The highest BCUT2D eigenvalue weighted by molar-refractivity contribution is 6.39. The third-order valence-corrected chi connectivity index (χ3v) is 10.1. The Morgan fingerprint density at radius 1 is 0.467 bits per heavy atom. The van der Waals surface area contributed by atoms with Gasteiger partial charge < -0.3 is 4.90 Å². The molecule has 0 radical (unpaired) electrons. The Kier molecular flexibility index (Phi) is 6.05. The number of hydrogen-bond acceptors (Lipinski definition) is 5. The maximum absolute atomic E-state index is 15.2. The molecular formula is C38H23Cl2NO4. The van der Waals surface area contributed by atoms with Crippen LogP contribution in [0.4, 0.5) is 5.69 Å². The fraction of sp³-hybridized carbons (Fsp3) is 0.105. The van der Waals surface area contributed by atoms with Crippen molar-refractivity contribution in [1.29, 1.82) is 0 Å². The van der Waals surface area contributed by atoms with Crippen molar-refractivity contribution in [3.05, 3.63) is 171 Å². The molecule has 0 N–H and O–H groups in total. The van der Waals surface area contributed by atoms with Crippen molar-refractivity contribution in [2.45, 2.75) is 17.5 Å². The number of para-hydroxylation sites is 1. The lowest BCUT2D eigenvalue weighted by atomic mass is 9.60. The molecule has 2 aliphatic carbocycles. The molecule has 0 unspecified atom stereocenters. The average Bonchev–Trinajstić information content (AvgIpc) is 3.57. The topological polar surface area (TPSA) is 71.5 Å². The molecule has 5 nitrogen and oxygen atoms in total. The summed E-state index contributed by atoms with van der Waals surface area (Å²) in [6.45, 7) is 0. The molecule has 5 aromatic rings. The number of anilines is 1. The molecule has 1 fully saturated rings. The van der Waals surface area contributed by atoms with E-state index in [1.54, 1.807) is 102 Å². The van der Waals surface area contributed by atoms with Gasteiger partial charge in [0.15, 0.2) is 28.7 Å². The number of ketones is 4. The van der Waals surface area contributed by atoms with Gasteiger partial charge in [0.05, 0.1) is 6.04 Å². The second-order valence-electron chi connectivity index (χ2n) is 11.7. The average molecular weight is 629 g/mol. The summed E-state index contributed by atoms with van der Waals surface area (Å²) in [6.07, 6.45) is 0. The molecule has 45 heavy (non-hydrogen) atoms. The minimum absolute atomic E-state index is 0.254. The number of fused-ring (bicyclic) bond motifs is 2. The van der Waals surface area contributed by atoms with Gasteiger partial charge in [0.2, 0.25) is 0 Å². The molecule has 0 bridgehead atoms. The Bertz CT molecular complexity index is 2000. The van der Waals surface area contributed by atoms with Crippen LogP contribution < -0.4 is 4.90 Å². The summed E-state index contributed by atoms with van der Waals surface area (Å²) in [5.41, 5.74) is -1.27. The van der Waals surface area contributed by atoms with E-state index in [9.17, 15) is 0 Å². The SMILES string of the molecule is O=C1c2ccccc2C(=O)C12[C@@H](c1ccc(Cl)cc1)N(c1ccccc1)C1(C(=O)c3ccccc3C1=O)[C@H]2c1ccc(Cl)cc1. The molecule has 1 heterocycles. The molecule has 218 valence electrons. The van der Waals surface area contributed by atoms with Gasteiger partial charge in [-0.05, 0) is 47.5 Å². The first-order chi connectivity index (χ1) is 21.8. The largest absolute Gasteiger partial charge is 0.343 e. The molecule has 1 saturated heterocycles. The number of Topliss-reactive ketones (excluding diaryl/α,β-unsaturated/α-hetero) is 4. The van der Waals surface area contributed by atoms with Crippen LogP contribution in [0.5, 0.6) is 0 Å². The predicted molar refractivity (Wildman–Crippen MR) is 173 cm³/mol. The van der Waals surface area contributed by atoms with Crippen LogP contribution in [0.3, 0.4) is 0 Å². The standard InChI is InChI=1S/C38H23Cl2NO4/c39-24-18-14-22(15-19-24)31-37(33(42)27-10-4-5-11-28(27)34(37)43)32(23-16-20-25(40)21-17-23)41(26-8-2-1-3-9-26)38(31)35(44)29-12-6-7-13-30(29)36(38)45/h1-21,31-32H/t31-,32+/m0/s1. The second-order valence-corrected chi connectivity index (χ2v) is 12.6. The summed E-state index contributed by atoms with van der Waals surface area (Å²) in [6, 6.07) is 35.2. The number of benzene rings is 5. The zero-order chi connectivity index (χ0) is 31.1. The van der Waals surface area contributed by atoms with Crippen molar-refractivity contribution in [1.82, 2.24) is 0 Å². The lowest BCUT2D eigenvalue weighted by Crippen LogP contribution is -2.57. The Morgan fingerprint density at radius 2 is 0.867 bits per heavy atom. The highest BCUT2D eigenvalue weighted by atomic mass is 35.5. The van der Waals surface area contributed by atoms with E-state index in [1.165, 1.54) is 0 Å². The zero-order valence-electron chi connectivity index (χ0n) is 23.6. The van der Waals surface area contributed by atoms with Crippen LogP contribution in [-0.2, 0) is 0 Å². The number of hydrogen-bond donors (Lipinski definition) is 0. The molecule has 0 amide bonds.